The van der Waals surface area contributed by atoms with Gasteiger partial charge in [0.1, 0.15) is 6.04 Å². The Hall–Kier alpha value is -2.36. The van der Waals surface area contributed by atoms with Crippen molar-refractivity contribution in [3.8, 4) is 0 Å². The molecule has 0 N–H and O–H groups in total. The summed E-state index contributed by atoms with van der Waals surface area (Å²) in [5.41, 5.74) is 8.01. The zero-order chi connectivity index (χ0) is 19.5. The highest BCUT2D eigenvalue weighted by Crippen LogP contribution is 2.38. The van der Waals surface area contributed by atoms with Crippen LogP contribution in [0.2, 0.25) is 0 Å². The quantitative estimate of drug-likeness (QED) is 0.539. The predicted molar refractivity (Wildman–Crippen MR) is 122 cm³/mol. The second-order valence-corrected chi connectivity index (χ2v) is 7.45. The summed E-state index contributed by atoms with van der Waals surface area (Å²) in [6, 6.07) is 17.1. The van der Waals surface area contributed by atoms with Gasteiger partial charge >= 0.3 is 5.97 Å². The molecule has 0 spiro atoms. The third-order valence-corrected chi connectivity index (χ3v) is 5.83. The minimum atomic E-state index is -0.179. The molecule has 1 atom stereocenters. The lowest BCUT2D eigenvalue weighted by molar-refractivity contribution is -0.149. The molecule has 4 rings (SSSR count). The van der Waals surface area contributed by atoms with Gasteiger partial charge in [-0.05, 0) is 54.5 Å². The Labute approximate surface area is 179 Å². The van der Waals surface area contributed by atoms with E-state index in [1.54, 1.807) is 0 Å². The first kappa shape index (κ1) is 21.4. The monoisotopic (exact) mass is 409 g/mol. The van der Waals surface area contributed by atoms with Crippen molar-refractivity contribution in [2.45, 2.75) is 32.7 Å². The van der Waals surface area contributed by atoms with E-state index < -0.39 is 0 Å². The van der Waals surface area contributed by atoms with Gasteiger partial charge < -0.3 is 4.74 Å². The van der Waals surface area contributed by atoms with Gasteiger partial charge in [0.25, 0.3) is 0 Å². The Morgan fingerprint density at radius 1 is 0.966 bits per heavy atom. The van der Waals surface area contributed by atoms with Crippen LogP contribution >= 0.6 is 12.4 Å². The predicted octanol–water partition coefficient (Wildman–Crippen LogP) is 5.44. The van der Waals surface area contributed by atoms with E-state index in [9.17, 15) is 4.79 Å². The lowest BCUT2D eigenvalue weighted by Gasteiger charge is -2.33. The van der Waals surface area contributed by atoms with Gasteiger partial charge in [-0.1, -0.05) is 66.3 Å². The molecule has 2 aromatic carbocycles. The molecule has 0 aromatic heterocycles. The van der Waals surface area contributed by atoms with Crippen LogP contribution in [0.25, 0.3) is 17.7 Å². The van der Waals surface area contributed by atoms with E-state index in [2.05, 4.69) is 65.6 Å². The summed E-state index contributed by atoms with van der Waals surface area (Å²) in [5.74, 6) is -0.118. The minimum absolute atomic E-state index is 0. The van der Waals surface area contributed by atoms with Crippen molar-refractivity contribution >= 4 is 36.1 Å². The fraction of sp³-hybridized carbons (Fsp3) is 0.320. The van der Waals surface area contributed by atoms with Crippen molar-refractivity contribution in [2.24, 2.45) is 0 Å². The number of rotatable bonds is 3. The number of piperidine rings is 1. The summed E-state index contributed by atoms with van der Waals surface area (Å²) in [6.45, 7) is 6.02. The number of halogens is 1. The zero-order valence-corrected chi connectivity index (χ0v) is 17.9. The van der Waals surface area contributed by atoms with E-state index in [1.165, 1.54) is 33.4 Å². The van der Waals surface area contributed by atoms with E-state index in [-0.39, 0.29) is 24.4 Å². The van der Waals surface area contributed by atoms with Gasteiger partial charge in [0.05, 0.1) is 6.61 Å². The smallest absolute Gasteiger partial charge is 0.323 e. The number of carbonyl (C=O) groups excluding carboxylic acids is 1. The van der Waals surface area contributed by atoms with Gasteiger partial charge in [0.15, 0.2) is 0 Å². The molecule has 1 unspecified atom stereocenters. The Kier molecular flexibility index (Phi) is 6.94. The molecule has 4 heteroatoms. The maximum atomic E-state index is 12.1. The van der Waals surface area contributed by atoms with Crippen molar-refractivity contribution in [2.75, 3.05) is 19.7 Å². The molecule has 0 amide bonds. The average molecular weight is 410 g/mol. The van der Waals surface area contributed by atoms with Gasteiger partial charge in [0, 0.05) is 13.1 Å². The first-order valence-corrected chi connectivity index (χ1v) is 10.2. The second-order valence-electron chi connectivity index (χ2n) is 7.45. The summed E-state index contributed by atoms with van der Waals surface area (Å²) < 4.78 is 5.21. The minimum Gasteiger partial charge on any atom is -0.465 e. The molecule has 152 valence electrons. The van der Waals surface area contributed by atoms with E-state index in [4.69, 9.17) is 4.74 Å². The average Bonchev–Trinajstić information content (AvgIpc) is 2.90. The Morgan fingerprint density at radius 2 is 1.48 bits per heavy atom. The van der Waals surface area contributed by atoms with Gasteiger partial charge in [-0.15, -0.1) is 12.4 Å². The van der Waals surface area contributed by atoms with Gasteiger partial charge in [-0.25, -0.2) is 0 Å². The van der Waals surface area contributed by atoms with Crippen LogP contribution in [0.4, 0.5) is 0 Å². The first-order valence-electron chi connectivity index (χ1n) is 10.2. The molecule has 1 heterocycles. The third-order valence-electron chi connectivity index (χ3n) is 5.83. The SMILES string of the molecule is CCOC(=O)C(C)N1CCC(=C2c3ccccc3C=Cc3ccccc32)CC1.Cl. The molecule has 0 bridgehead atoms. The summed E-state index contributed by atoms with van der Waals surface area (Å²) in [4.78, 5) is 14.4. The van der Waals surface area contributed by atoms with Crippen molar-refractivity contribution in [1.82, 2.24) is 4.90 Å². The van der Waals surface area contributed by atoms with E-state index in [0.717, 1.165) is 25.9 Å². The van der Waals surface area contributed by atoms with Crippen LogP contribution in [0.3, 0.4) is 0 Å². The normalized spacial score (nSPS) is 16.9. The first-order chi connectivity index (χ1) is 13.7. The molecule has 1 aliphatic carbocycles. The molecule has 1 saturated heterocycles. The molecule has 0 saturated carbocycles. The van der Waals surface area contributed by atoms with Crippen LogP contribution in [0.15, 0.2) is 54.1 Å². The van der Waals surface area contributed by atoms with E-state index in [1.807, 2.05) is 13.8 Å². The van der Waals surface area contributed by atoms with Crippen molar-refractivity contribution in [1.29, 1.82) is 0 Å². The number of nitrogens with zero attached hydrogens (tertiary/aromatic N) is 1. The van der Waals surface area contributed by atoms with Gasteiger partial charge in [-0.3, -0.25) is 9.69 Å². The highest BCUT2D eigenvalue weighted by atomic mass is 35.5. The third kappa shape index (κ3) is 4.31. The second kappa shape index (κ2) is 9.43. The largest absolute Gasteiger partial charge is 0.465 e. The van der Waals surface area contributed by atoms with Crippen LogP contribution in [-0.2, 0) is 9.53 Å². The number of fused-ring (bicyclic) bond motifs is 2. The van der Waals surface area contributed by atoms with Crippen LogP contribution in [-0.4, -0.2) is 36.6 Å². The summed E-state index contributed by atoms with van der Waals surface area (Å²) in [6.07, 6.45) is 6.39. The highest BCUT2D eigenvalue weighted by Gasteiger charge is 2.27. The number of hydrogen-bond acceptors (Lipinski definition) is 3. The van der Waals surface area contributed by atoms with Crippen LogP contribution in [0, 0.1) is 0 Å². The number of hydrogen-bond donors (Lipinski definition) is 0. The number of esters is 1. The highest BCUT2D eigenvalue weighted by molar-refractivity contribution is 5.95. The molecule has 2 aliphatic rings. The number of likely N-dealkylation sites (tertiary alicyclic amines) is 1. The maximum Gasteiger partial charge on any atom is 0.323 e. The Morgan fingerprint density at radius 3 is 2.00 bits per heavy atom. The molecule has 0 radical (unpaired) electrons. The van der Waals surface area contributed by atoms with Crippen molar-refractivity contribution < 1.29 is 9.53 Å². The number of carbonyl (C=O) groups is 1. The lowest BCUT2D eigenvalue weighted by atomic mass is 9.86. The molecular weight excluding hydrogens is 382 g/mol. The van der Waals surface area contributed by atoms with E-state index in [0.29, 0.717) is 6.61 Å². The standard InChI is InChI=1S/C25H27NO2.ClH/c1-3-28-25(27)18(2)26-16-14-21(15-17-26)24-22-10-6-4-8-19(22)12-13-20-9-5-7-11-23(20)24;/h4-13,18H,3,14-17H2,1-2H3;1H. The molecule has 1 aliphatic heterocycles. The van der Waals surface area contributed by atoms with Crippen molar-refractivity contribution in [3.05, 3.63) is 76.4 Å². The Balaban J connectivity index is 0.00000240. The molecule has 1 fully saturated rings. The zero-order valence-electron chi connectivity index (χ0n) is 17.1. The summed E-state index contributed by atoms with van der Waals surface area (Å²) >= 11 is 0. The van der Waals surface area contributed by atoms with Crippen LogP contribution < -0.4 is 0 Å². The van der Waals surface area contributed by atoms with Gasteiger partial charge in [-0.2, -0.15) is 0 Å². The number of benzene rings is 2. The van der Waals surface area contributed by atoms with Crippen molar-refractivity contribution in [3.63, 3.8) is 0 Å². The fourth-order valence-corrected chi connectivity index (χ4v) is 4.29. The maximum absolute atomic E-state index is 12.1. The van der Waals surface area contributed by atoms with E-state index >= 15 is 0 Å². The number of ether oxygens (including phenoxy) is 1. The molecule has 29 heavy (non-hydrogen) atoms. The fourth-order valence-electron chi connectivity index (χ4n) is 4.29. The molecular formula is C25H28ClNO2. The van der Waals surface area contributed by atoms with Crippen LogP contribution in [0.5, 0.6) is 0 Å². The van der Waals surface area contributed by atoms with Crippen LogP contribution in [0.1, 0.15) is 48.9 Å². The summed E-state index contributed by atoms with van der Waals surface area (Å²) in [5, 5.41) is 0. The molecule has 3 nitrogen and oxygen atoms in total. The Bertz CT molecular complexity index is 886. The molecule has 2 aromatic rings. The summed E-state index contributed by atoms with van der Waals surface area (Å²) in [7, 11) is 0. The lowest BCUT2D eigenvalue weighted by Crippen LogP contribution is -2.43. The topological polar surface area (TPSA) is 29.5 Å². The van der Waals surface area contributed by atoms with Gasteiger partial charge in [0.2, 0.25) is 0 Å².